The predicted molar refractivity (Wildman–Crippen MR) is 71.1 cm³/mol. The number of nitrogens with zero attached hydrogens (tertiary/aromatic N) is 2. The molecule has 0 spiro atoms. The molecule has 1 aromatic rings. The fourth-order valence-electron chi connectivity index (χ4n) is 2.48. The van der Waals surface area contributed by atoms with Crippen molar-refractivity contribution < 1.29 is 18.7 Å². The Balaban J connectivity index is 2.25. The van der Waals surface area contributed by atoms with Gasteiger partial charge in [-0.2, -0.15) is 0 Å². The lowest BCUT2D eigenvalue weighted by Gasteiger charge is -2.20. The summed E-state index contributed by atoms with van der Waals surface area (Å²) in [4.78, 5) is 1.66. The summed E-state index contributed by atoms with van der Waals surface area (Å²) in [5.41, 5.74) is 5.28. The number of ether oxygens (including phenoxy) is 1. The Morgan fingerprint density at radius 3 is 2.70 bits per heavy atom. The molecule has 7 heteroatoms. The first-order valence-corrected chi connectivity index (χ1v) is 6.27. The molecular formula is C13H17F2N3O2. The van der Waals surface area contributed by atoms with Crippen LogP contribution in [0.3, 0.4) is 0 Å². The van der Waals surface area contributed by atoms with Crippen molar-refractivity contribution in [1.29, 1.82) is 0 Å². The number of rotatable bonds is 4. The molecular weight excluding hydrogens is 268 g/mol. The first-order valence-electron chi connectivity index (χ1n) is 6.27. The smallest absolute Gasteiger partial charge is 0.170 e. The number of hydrogen-bond donors (Lipinski definition) is 2. The number of amidine groups is 1. The Labute approximate surface area is 115 Å². The lowest BCUT2D eigenvalue weighted by molar-refractivity contribution is 0.161. The van der Waals surface area contributed by atoms with E-state index in [0.717, 1.165) is 18.6 Å². The lowest BCUT2D eigenvalue weighted by Crippen LogP contribution is -2.24. The quantitative estimate of drug-likeness (QED) is 0.381. The fourth-order valence-corrected chi connectivity index (χ4v) is 2.48. The van der Waals surface area contributed by atoms with E-state index < -0.39 is 11.6 Å². The van der Waals surface area contributed by atoms with E-state index in [1.165, 1.54) is 0 Å². The van der Waals surface area contributed by atoms with Crippen molar-refractivity contribution in [1.82, 2.24) is 0 Å². The third kappa shape index (κ3) is 2.82. The molecule has 0 radical (unpaired) electrons. The van der Waals surface area contributed by atoms with Gasteiger partial charge in [0.25, 0.3) is 0 Å². The summed E-state index contributed by atoms with van der Waals surface area (Å²) in [5.74, 6) is -1.50. The minimum absolute atomic E-state index is 0.0129. The Morgan fingerprint density at radius 1 is 1.50 bits per heavy atom. The van der Waals surface area contributed by atoms with Crippen LogP contribution in [0.4, 0.5) is 14.5 Å². The van der Waals surface area contributed by atoms with E-state index in [-0.39, 0.29) is 23.0 Å². The molecule has 1 fully saturated rings. The maximum absolute atomic E-state index is 14.1. The molecule has 0 aromatic heterocycles. The van der Waals surface area contributed by atoms with Crippen LogP contribution in [-0.2, 0) is 4.74 Å². The number of methoxy groups -OCH3 is 1. The van der Waals surface area contributed by atoms with Gasteiger partial charge in [-0.1, -0.05) is 5.16 Å². The first kappa shape index (κ1) is 14.5. The third-order valence-corrected chi connectivity index (χ3v) is 3.42. The molecule has 1 atom stereocenters. The van der Waals surface area contributed by atoms with Crippen LogP contribution in [-0.4, -0.2) is 37.8 Å². The Morgan fingerprint density at radius 2 is 2.15 bits per heavy atom. The number of anilines is 1. The first-order chi connectivity index (χ1) is 9.56. The second-order valence-electron chi connectivity index (χ2n) is 4.83. The normalized spacial score (nSPS) is 19.6. The Hall–Kier alpha value is -1.89. The maximum Gasteiger partial charge on any atom is 0.170 e. The van der Waals surface area contributed by atoms with Crippen molar-refractivity contribution in [2.45, 2.75) is 6.42 Å². The molecule has 1 saturated heterocycles. The van der Waals surface area contributed by atoms with Crippen LogP contribution in [0.5, 0.6) is 0 Å². The van der Waals surface area contributed by atoms with E-state index in [0.29, 0.717) is 19.7 Å². The Kier molecular flexibility index (Phi) is 4.39. The molecule has 0 aliphatic carbocycles. The number of nitrogens with two attached hydrogens (primary N) is 1. The minimum atomic E-state index is -0.718. The zero-order valence-corrected chi connectivity index (χ0v) is 11.1. The van der Waals surface area contributed by atoms with E-state index in [4.69, 9.17) is 15.7 Å². The predicted octanol–water partition coefficient (Wildman–Crippen LogP) is 1.53. The van der Waals surface area contributed by atoms with Crippen molar-refractivity contribution >= 4 is 11.5 Å². The SMILES string of the molecule is COCC1CCN(c2c(F)cc(C(N)=NO)cc2F)C1. The number of benzene rings is 1. The summed E-state index contributed by atoms with van der Waals surface area (Å²) in [7, 11) is 1.61. The van der Waals surface area contributed by atoms with Crippen molar-refractivity contribution in [3.8, 4) is 0 Å². The van der Waals surface area contributed by atoms with Gasteiger partial charge in [0, 0.05) is 31.7 Å². The molecule has 110 valence electrons. The number of hydrogen-bond acceptors (Lipinski definition) is 4. The molecule has 1 aliphatic rings. The van der Waals surface area contributed by atoms with E-state index in [1.54, 1.807) is 12.0 Å². The fraction of sp³-hybridized carbons (Fsp3) is 0.462. The molecule has 3 N–H and O–H groups in total. The van der Waals surface area contributed by atoms with E-state index in [1.807, 2.05) is 0 Å². The molecule has 2 rings (SSSR count). The van der Waals surface area contributed by atoms with Crippen LogP contribution in [0.25, 0.3) is 0 Å². The van der Waals surface area contributed by atoms with Crippen LogP contribution < -0.4 is 10.6 Å². The molecule has 1 aromatic carbocycles. The van der Waals surface area contributed by atoms with Crippen molar-refractivity contribution in [2.75, 3.05) is 31.7 Å². The highest BCUT2D eigenvalue weighted by Crippen LogP contribution is 2.30. The van der Waals surface area contributed by atoms with Gasteiger partial charge in [0.15, 0.2) is 5.84 Å². The molecule has 0 bridgehead atoms. The van der Waals surface area contributed by atoms with Gasteiger partial charge in [-0.25, -0.2) is 8.78 Å². The van der Waals surface area contributed by atoms with Gasteiger partial charge in [0.1, 0.15) is 17.3 Å². The van der Waals surface area contributed by atoms with Gasteiger partial charge in [0.2, 0.25) is 0 Å². The molecule has 1 heterocycles. The van der Waals surface area contributed by atoms with Gasteiger partial charge < -0.3 is 20.6 Å². The zero-order valence-electron chi connectivity index (χ0n) is 11.1. The second kappa shape index (κ2) is 6.04. The van der Waals surface area contributed by atoms with Gasteiger partial charge in [-0.3, -0.25) is 0 Å². The number of halogens is 2. The summed E-state index contributed by atoms with van der Waals surface area (Å²) >= 11 is 0. The molecule has 1 aliphatic heterocycles. The van der Waals surface area contributed by atoms with Gasteiger partial charge >= 0.3 is 0 Å². The van der Waals surface area contributed by atoms with Gasteiger partial charge in [-0.15, -0.1) is 0 Å². The highest BCUT2D eigenvalue weighted by molar-refractivity contribution is 5.97. The summed E-state index contributed by atoms with van der Waals surface area (Å²) in [5, 5.41) is 11.3. The van der Waals surface area contributed by atoms with E-state index in [2.05, 4.69) is 5.16 Å². The maximum atomic E-state index is 14.1. The van der Waals surface area contributed by atoms with Crippen LogP contribution in [0.15, 0.2) is 17.3 Å². The topological polar surface area (TPSA) is 71.1 Å². The van der Waals surface area contributed by atoms with Crippen molar-refractivity contribution in [3.63, 3.8) is 0 Å². The van der Waals surface area contributed by atoms with E-state index >= 15 is 0 Å². The van der Waals surface area contributed by atoms with Crippen LogP contribution in [0.1, 0.15) is 12.0 Å². The van der Waals surface area contributed by atoms with Gasteiger partial charge in [-0.05, 0) is 18.6 Å². The molecule has 20 heavy (non-hydrogen) atoms. The molecule has 0 saturated carbocycles. The van der Waals surface area contributed by atoms with E-state index in [9.17, 15) is 8.78 Å². The monoisotopic (exact) mass is 285 g/mol. The van der Waals surface area contributed by atoms with Crippen molar-refractivity contribution in [2.24, 2.45) is 16.8 Å². The van der Waals surface area contributed by atoms with Crippen LogP contribution >= 0.6 is 0 Å². The number of oxime groups is 1. The lowest BCUT2D eigenvalue weighted by atomic mass is 10.1. The summed E-state index contributed by atoms with van der Waals surface area (Å²) in [6, 6.07) is 2.13. The zero-order chi connectivity index (χ0) is 14.7. The highest BCUT2D eigenvalue weighted by Gasteiger charge is 2.27. The Bertz CT molecular complexity index is 499. The molecule has 1 unspecified atom stereocenters. The van der Waals surface area contributed by atoms with Crippen molar-refractivity contribution in [3.05, 3.63) is 29.3 Å². The van der Waals surface area contributed by atoms with Crippen LogP contribution in [0.2, 0.25) is 0 Å². The van der Waals surface area contributed by atoms with Gasteiger partial charge in [0.05, 0.1) is 6.61 Å². The average Bonchev–Trinajstić information content (AvgIpc) is 2.85. The third-order valence-electron chi connectivity index (χ3n) is 3.42. The second-order valence-corrected chi connectivity index (χ2v) is 4.83. The molecule has 0 amide bonds. The minimum Gasteiger partial charge on any atom is -0.409 e. The molecule has 5 nitrogen and oxygen atoms in total. The van der Waals surface area contributed by atoms with Crippen LogP contribution in [0, 0.1) is 17.6 Å². The summed E-state index contributed by atoms with van der Waals surface area (Å²) < 4.78 is 33.2. The highest BCUT2D eigenvalue weighted by atomic mass is 19.1. The largest absolute Gasteiger partial charge is 0.409 e. The standard InChI is InChI=1S/C13H17F2N3O2/c1-20-7-8-2-3-18(6-8)12-10(14)4-9(5-11(12)15)13(16)17-19/h4-5,8,19H,2-3,6-7H2,1H3,(H2,16,17). The summed E-state index contributed by atoms with van der Waals surface area (Å²) in [6.45, 7) is 1.69. The average molecular weight is 285 g/mol. The summed E-state index contributed by atoms with van der Waals surface area (Å²) in [6.07, 6.45) is 0.828.